The van der Waals surface area contributed by atoms with E-state index in [4.69, 9.17) is 8.92 Å². The van der Waals surface area contributed by atoms with Crippen LogP contribution in [-0.4, -0.2) is 97.0 Å². The Morgan fingerprint density at radius 1 is 1.20 bits per heavy atom. The zero-order chi connectivity index (χ0) is 29.9. The van der Waals surface area contributed by atoms with E-state index in [0.29, 0.717) is 24.7 Å². The molecule has 41 heavy (non-hydrogen) atoms. The molecule has 2 saturated heterocycles. The number of anilines is 1. The molecular formula is C28H41FN6O5S. The van der Waals surface area contributed by atoms with Gasteiger partial charge in [-0.05, 0) is 57.7 Å². The Balaban J connectivity index is 1.47. The van der Waals surface area contributed by atoms with E-state index in [1.54, 1.807) is 4.90 Å². The monoisotopic (exact) mass is 592 g/mol. The molecule has 1 aromatic carbocycles. The molecule has 0 N–H and O–H groups in total. The van der Waals surface area contributed by atoms with Gasteiger partial charge in [-0.2, -0.15) is 8.42 Å². The van der Waals surface area contributed by atoms with E-state index >= 15 is 0 Å². The van der Waals surface area contributed by atoms with Crippen LogP contribution in [0.5, 0.6) is 11.6 Å². The van der Waals surface area contributed by atoms with Crippen LogP contribution in [0, 0.1) is 17.2 Å². The summed E-state index contributed by atoms with van der Waals surface area (Å²) in [4.78, 5) is 23.9. The number of aromatic nitrogens is 3. The van der Waals surface area contributed by atoms with Gasteiger partial charge < -0.3 is 14.5 Å². The maximum atomic E-state index is 14.2. The van der Waals surface area contributed by atoms with Crippen molar-refractivity contribution in [3.05, 3.63) is 35.9 Å². The third-order valence-corrected chi connectivity index (χ3v) is 8.53. The van der Waals surface area contributed by atoms with Gasteiger partial charge in [0.15, 0.2) is 5.82 Å². The first-order chi connectivity index (χ1) is 19.3. The zero-order valence-corrected chi connectivity index (χ0v) is 25.5. The number of nitrogens with zero attached hydrogens (tertiary/aromatic N) is 6. The van der Waals surface area contributed by atoms with Crippen LogP contribution in [0.2, 0.25) is 0 Å². The van der Waals surface area contributed by atoms with E-state index < -0.39 is 15.9 Å². The van der Waals surface area contributed by atoms with Crippen LogP contribution >= 0.6 is 0 Å². The molecule has 1 atom stereocenters. The van der Waals surface area contributed by atoms with Gasteiger partial charge in [-0.3, -0.25) is 13.9 Å². The van der Waals surface area contributed by atoms with Gasteiger partial charge in [-0.25, -0.2) is 9.37 Å². The first-order valence-corrected chi connectivity index (χ1v) is 15.9. The van der Waals surface area contributed by atoms with E-state index in [9.17, 15) is 17.6 Å². The van der Waals surface area contributed by atoms with Crippen molar-refractivity contribution in [1.82, 2.24) is 25.0 Å². The van der Waals surface area contributed by atoms with Crippen LogP contribution in [0.3, 0.4) is 0 Å². The fraction of sp³-hybridized carbons (Fsp3) is 0.643. The normalized spacial score (nSPS) is 17.7. The number of hydrogen-bond acceptors (Lipinski definition) is 10. The third kappa shape index (κ3) is 7.31. The fourth-order valence-electron chi connectivity index (χ4n) is 5.98. The fourth-order valence-corrected chi connectivity index (χ4v) is 6.38. The molecule has 226 valence electrons. The number of ether oxygens (including phenoxy) is 1. The first-order valence-electron chi connectivity index (χ1n) is 14.1. The Labute approximate surface area is 242 Å². The Kier molecular flexibility index (Phi) is 9.49. The highest BCUT2D eigenvalue weighted by atomic mass is 32.2. The highest BCUT2D eigenvalue weighted by Crippen LogP contribution is 2.44. The van der Waals surface area contributed by atoms with Gasteiger partial charge in [0, 0.05) is 50.2 Å². The van der Waals surface area contributed by atoms with Crippen LogP contribution in [0.1, 0.15) is 57.8 Å². The Bertz CT molecular complexity index is 1340. The van der Waals surface area contributed by atoms with Crippen molar-refractivity contribution in [3.63, 3.8) is 0 Å². The minimum absolute atomic E-state index is 0.0669. The summed E-state index contributed by atoms with van der Waals surface area (Å²) in [5, 5.41) is 8.09. The van der Waals surface area contributed by atoms with Crippen LogP contribution in [-0.2, 0) is 14.3 Å². The van der Waals surface area contributed by atoms with E-state index in [1.165, 1.54) is 24.5 Å². The van der Waals surface area contributed by atoms with E-state index in [1.807, 2.05) is 20.8 Å². The molecule has 0 saturated carbocycles. The lowest BCUT2D eigenvalue weighted by atomic mass is 9.76. The number of hydrogen-bond donors (Lipinski definition) is 0. The highest BCUT2D eigenvalue weighted by molar-refractivity contribution is 7.85. The van der Waals surface area contributed by atoms with E-state index in [2.05, 4.69) is 38.8 Å². The second-order valence-corrected chi connectivity index (χ2v) is 13.4. The van der Waals surface area contributed by atoms with Crippen LogP contribution < -0.4 is 9.64 Å². The Morgan fingerprint density at radius 2 is 1.93 bits per heavy atom. The largest absolute Gasteiger partial charge is 0.434 e. The summed E-state index contributed by atoms with van der Waals surface area (Å²) in [7, 11) is -3.46. The summed E-state index contributed by atoms with van der Waals surface area (Å²) in [5.41, 5.74) is 0.187. The lowest BCUT2D eigenvalue weighted by Crippen LogP contribution is -2.62. The average Bonchev–Trinajstić information content (AvgIpc) is 3.32. The van der Waals surface area contributed by atoms with E-state index in [0.717, 1.165) is 38.9 Å². The van der Waals surface area contributed by atoms with Gasteiger partial charge in [-0.15, -0.1) is 10.2 Å². The maximum absolute atomic E-state index is 14.2. The molecule has 1 unspecified atom stereocenters. The van der Waals surface area contributed by atoms with Gasteiger partial charge in [0.25, 0.3) is 21.9 Å². The summed E-state index contributed by atoms with van der Waals surface area (Å²) in [6, 6.07) is 4.03. The van der Waals surface area contributed by atoms with Crippen LogP contribution in [0.15, 0.2) is 24.5 Å². The topological polar surface area (TPSA) is 118 Å². The quantitative estimate of drug-likeness (QED) is 0.339. The summed E-state index contributed by atoms with van der Waals surface area (Å²) in [5.74, 6) is 0.372. The number of carbonyl (C=O) groups is 1. The molecule has 1 spiro atoms. The molecule has 2 fully saturated rings. The molecule has 1 amide bonds. The van der Waals surface area contributed by atoms with Gasteiger partial charge in [-0.1, -0.05) is 13.8 Å². The molecule has 2 aliphatic rings. The predicted molar refractivity (Wildman–Crippen MR) is 153 cm³/mol. The minimum Gasteiger partial charge on any atom is -0.434 e. The zero-order valence-electron chi connectivity index (χ0n) is 24.7. The molecule has 11 nitrogen and oxygen atoms in total. The number of benzene rings is 1. The molecule has 0 radical (unpaired) electrons. The van der Waals surface area contributed by atoms with Gasteiger partial charge in [0.1, 0.15) is 17.9 Å². The summed E-state index contributed by atoms with van der Waals surface area (Å²) in [6.07, 6.45) is 4.04. The second kappa shape index (κ2) is 12.5. The number of rotatable bonds is 12. The number of likely N-dealkylation sites (tertiary alicyclic amines) is 1. The summed E-state index contributed by atoms with van der Waals surface area (Å²) >= 11 is 0. The number of amides is 1. The lowest BCUT2D eigenvalue weighted by Gasteiger charge is -2.52. The Hall–Kier alpha value is -2.90. The van der Waals surface area contributed by atoms with Crippen molar-refractivity contribution in [2.75, 3.05) is 50.5 Å². The van der Waals surface area contributed by atoms with Gasteiger partial charge >= 0.3 is 0 Å². The van der Waals surface area contributed by atoms with E-state index in [-0.39, 0.29) is 47.2 Å². The molecule has 2 aromatic rings. The SMILES string of the molecule is CCN(C(=O)c1cc(F)ccc1Oc1nncnc1N1CCC2(C1)CN(C(CCOS(C)(=O)=O)C(C)C)C2)C(C)C. The third-order valence-electron chi connectivity index (χ3n) is 7.94. The van der Waals surface area contributed by atoms with Crippen molar-refractivity contribution in [1.29, 1.82) is 0 Å². The minimum atomic E-state index is -3.46. The average molecular weight is 593 g/mol. The number of halogens is 1. The standard InChI is InChI=1S/C28H41FN6O5S/c1-7-35(20(4)5)27(36)22-14-21(29)8-9-24(22)40-26-25(30-18-31-32-26)33-12-11-28(15-33)16-34(17-28)23(19(2)3)10-13-39-41(6,37)38/h8-9,14,18-20,23H,7,10-13,15-17H2,1-6H3. The molecule has 0 aliphatic carbocycles. The number of carbonyl (C=O) groups excluding carboxylic acids is 1. The highest BCUT2D eigenvalue weighted by Gasteiger charge is 2.50. The molecule has 3 heterocycles. The van der Waals surface area contributed by atoms with Crippen molar-refractivity contribution < 1.29 is 26.5 Å². The van der Waals surface area contributed by atoms with Crippen molar-refractivity contribution in [3.8, 4) is 11.6 Å². The molecule has 0 bridgehead atoms. The molecule has 2 aliphatic heterocycles. The van der Waals surface area contributed by atoms with Crippen LogP contribution in [0.4, 0.5) is 10.2 Å². The lowest BCUT2D eigenvalue weighted by molar-refractivity contribution is -0.0365. The van der Waals surface area contributed by atoms with Crippen molar-refractivity contribution in [2.45, 2.75) is 59.5 Å². The molecule has 1 aromatic heterocycles. The second-order valence-electron chi connectivity index (χ2n) is 11.7. The summed E-state index contributed by atoms with van der Waals surface area (Å²) < 4.78 is 48.1. The van der Waals surface area contributed by atoms with Crippen molar-refractivity contribution >= 4 is 21.8 Å². The first kappa shape index (κ1) is 31.0. The van der Waals surface area contributed by atoms with Gasteiger partial charge in [0.2, 0.25) is 0 Å². The van der Waals surface area contributed by atoms with Crippen LogP contribution in [0.25, 0.3) is 0 Å². The van der Waals surface area contributed by atoms with Crippen molar-refractivity contribution in [2.24, 2.45) is 11.3 Å². The summed E-state index contributed by atoms with van der Waals surface area (Å²) in [6.45, 7) is 13.9. The van der Waals surface area contributed by atoms with Gasteiger partial charge in [0.05, 0.1) is 18.4 Å². The molecule has 4 rings (SSSR count). The molecular weight excluding hydrogens is 551 g/mol. The molecule has 13 heteroatoms. The maximum Gasteiger partial charge on any atom is 0.282 e. The Morgan fingerprint density at radius 3 is 2.56 bits per heavy atom. The predicted octanol–water partition coefficient (Wildman–Crippen LogP) is 3.58. The smallest absolute Gasteiger partial charge is 0.282 e.